The summed E-state index contributed by atoms with van der Waals surface area (Å²) in [5, 5.41) is 18.4. The largest absolute Gasteiger partial charge is 0.480 e. The van der Waals surface area contributed by atoms with Crippen molar-refractivity contribution in [3.8, 4) is 0 Å². The predicted molar refractivity (Wildman–Crippen MR) is 74.3 cm³/mol. The second-order valence-electron chi connectivity index (χ2n) is 5.18. The molecule has 1 rings (SSSR count). The van der Waals surface area contributed by atoms with Gasteiger partial charge in [0.2, 0.25) is 0 Å². The molecule has 2 amide bonds. The van der Waals surface area contributed by atoms with Crippen LogP contribution in [-0.2, 0) is 11.3 Å². The van der Waals surface area contributed by atoms with Gasteiger partial charge in [-0.25, -0.2) is 9.59 Å². The summed E-state index contributed by atoms with van der Waals surface area (Å²) in [5.41, 5.74) is -0.538. The number of nitrogens with one attached hydrogen (secondary N) is 2. The number of urea groups is 1. The fourth-order valence-corrected chi connectivity index (χ4v) is 1.52. The van der Waals surface area contributed by atoms with Gasteiger partial charge < -0.3 is 15.7 Å². The molecule has 0 aliphatic heterocycles. The third-order valence-corrected chi connectivity index (χ3v) is 3.19. The zero-order valence-corrected chi connectivity index (χ0v) is 12.3. The molecule has 3 N–H and O–H groups in total. The number of carboxylic acids is 1. The van der Waals surface area contributed by atoms with E-state index < -0.39 is 17.5 Å². The topological polar surface area (TPSA) is 96.3 Å². The Morgan fingerprint density at radius 1 is 1.50 bits per heavy atom. The molecule has 7 heteroatoms. The zero-order valence-electron chi connectivity index (χ0n) is 12.3. The van der Waals surface area contributed by atoms with Crippen molar-refractivity contribution < 1.29 is 14.7 Å². The number of aromatic nitrogens is 2. The minimum atomic E-state index is -1.26. The monoisotopic (exact) mass is 282 g/mol. The summed E-state index contributed by atoms with van der Waals surface area (Å²) in [6, 6.07) is 1.56. The average molecular weight is 282 g/mol. The minimum Gasteiger partial charge on any atom is -0.480 e. The van der Waals surface area contributed by atoms with Crippen LogP contribution in [0.1, 0.15) is 45.9 Å². The quantitative estimate of drug-likeness (QED) is 0.737. The number of nitrogens with zero attached hydrogens (tertiary/aromatic N) is 2. The summed E-state index contributed by atoms with van der Waals surface area (Å²) in [6.45, 7) is 7.46. The molecule has 0 spiro atoms. The highest BCUT2D eigenvalue weighted by molar-refractivity contribution is 5.85. The van der Waals surface area contributed by atoms with Crippen LogP contribution in [0.2, 0.25) is 0 Å². The summed E-state index contributed by atoms with van der Waals surface area (Å²) < 4.78 is 1.79. The first-order valence-electron chi connectivity index (χ1n) is 6.62. The number of carbonyl (C=O) groups excluding carboxylic acids is 1. The number of aliphatic carboxylic acids is 1. The number of carboxylic acid groups (broad SMARTS) is 1. The Morgan fingerprint density at radius 3 is 2.60 bits per heavy atom. The highest BCUT2D eigenvalue weighted by atomic mass is 16.4. The van der Waals surface area contributed by atoms with Crippen molar-refractivity contribution in [1.29, 1.82) is 0 Å². The summed E-state index contributed by atoms with van der Waals surface area (Å²) in [7, 11) is 0. The van der Waals surface area contributed by atoms with E-state index in [0.29, 0.717) is 6.42 Å². The molecule has 0 saturated carbocycles. The molecule has 0 aliphatic rings. The van der Waals surface area contributed by atoms with Crippen LogP contribution < -0.4 is 10.6 Å². The van der Waals surface area contributed by atoms with Gasteiger partial charge in [0.25, 0.3) is 0 Å². The van der Waals surface area contributed by atoms with Gasteiger partial charge in [-0.05, 0) is 33.3 Å². The Kier molecular flexibility index (Phi) is 5.12. The van der Waals surface area contributed by atoms with Crippen LogP contribution in [0.4, 0.5) is 4.79 Å². The van der Waals surface area contributed by atoms with Gasteiger partial charge in [0, 0.05) is 12.2 Å². The van der Waals surface area contributed by atoms with Crippen LogP contribution in [0.15, 0.2) is 12.3 Å². The van der Waals surface area contributed by atoms with Gasteiger partial charge in [-0.2, -0.15) is 5.10 Å². The predicted octanol–water partition coefficient (Wildman–Crippen LogP) is 1.52. The summed E-state index contributed by atoms with van der Waals surface area (Å²) in [4.78, 5) is 22.8. The van der Waals surface area contributed by atoms with Crippen molar-refractivity contribution in [2.24, 2.45) is 0 Å². The first-order valence-corrected chi connectivity index (χ1v) is 6.62. The van der Waals surface area contributed by atoms with Gasteiger partial charge in [0.05, 0.1) is 12.2 Å². The maximum Gasteiger partial charge on any atom is 0.329 e. The van der Waals surface area contributed by atoms with Gasteiger partial charge in [-0.3, -0.25) is 4.68 Å². The van der Waals surface area contributed by atoms with Crippen LogP contribution in [0.25, 0.3) is 0 Å². The lowest BCUT2D eigenvalue weighted by molar-refractivity contribution is -0.143. The Morgan fingerprint density at radius 2 is 2.15 bits per heavy atom. The molecule has 0 aromatic carbocycles. The highest BCUT2D eigenvalue weighted by Gasteiger charge is 2.32. The molecule has 0 bridgehead atoms. The summed E-state index contributed by atoms with van der Waals surface area (Å²) in [6.07, 6.45) is 2.14. The van der Waals surface area contributed by atoms with Gasteiger partial charge in [-0.1, -0.05) is 6.92 Å². The molecule has 1 aromatic heterocycles. The van der Waals surface area contributed by atoms with Crippen molar-refractivity contribution >= 4 is 12.0 Å². The molecule has 112 valence electrons. The van der Waals surface area contributed by atoms with E-state index in [2.05, 4.69) is 15.7 Å². The molecule has 20 heavy (non-hydrogen) atoms. The number of hydrogen-bond acceptors (Lipinski definition) is 3. The van der Waals surface area contributed by atoms with E-state index >= 15 is 0 Å². The number of rotatable bonds is 6. The summed E-state index contributed by atoms with van der Waals surface area (Å²) >= 11 is 0. The number of hydrogen-bond donors (Lipinski definition) is 3. The maximum absolute atomic E-state index is 11.7. The normalized spacial score (nSPS) is 13.8. The molecule has 1 unspecified atom stereocenters. The van der Waals surface area contributed by atoms with E-state index in [1.807, 2.05) is 26.1 Å². The van der Waals surface area contributed by atoms with E-state index in [-0.39, 0.29) is 12.6 Å². The lowest BCUT2D eigenvalue weighted by atomic mass is 10.00. The zero-order chi connectivity index (χ0) is 15.3. The van der Waals surface area contributed by atoms with Crippen molar-refractivity contribution in [2.75, 3.05) is 0 Å². The molecular formula is C13H22N4O3. The second kappa shape index (κ2) is 6.40. The number of amides is 2. The standard InChI is InChI=1S/C13H22N4O3/c1-5-13(4,11(18)19)15-12(20)14-8-10-6-7-17(16-10)9(2)3/h6-7,9H,5,8H2,1-4H3,(H,18,19)(H2,14,15,20). The molecule has 1 atom stereocenters. The van der Waals surface area contributed by atoms with Crippen molar-refractivity contribution in [3.63, 3.8) is 0 Å². The molecule has 1 aromatic rings. The molecule has 7 nitrogen and oxygen atoms in total. The smallest absolute Gasteiger partial charge is 0.329 e. The molecular weight excluding hydrogens is 260 g/mol. The van der Waals surface area contributed by atoms with Crippen molar-refractivity contribution in [3.05, 3.63) is 18.0 Å². The fraction of sp³-hybridized carbons (Fsp3) is 0.615. The van der Waals surface area contributed by atoms with Gasteiger partial charge in [0.15, 0.2) is 0 Å². The SMILES string of the molecule is CCC(C)(NC(=O)NCc1ccn(C(C)C)n1)C(=O)O. The molecule has 0 radical (unpaired) electrons. The van der Waals surface area contributed by atoms with E-state index in [1.54, 1.807) is 11.6 Å². The van der Waals surface area contributed by atoms with Crippen molar-refractivity contribution in [2.45, 2.75) is 52.2 Å². The molecule has 0 fully saturated rings. The van der Waals surface area contributed by atoms with Gasteiger partial charge in [-0.15, -0.1) is 0 Å². The van der Waals surface area contributed by atoms with Gasteiger partial charge >= 0.3 is 12.0 Å². The van der Waals surface area contributed by atoms with Crippen LogP contribution >= 0.6 is 0 Å². The third kappa shape index (κ3) is 3.97. The minimum absolute atomic E-state index is 0.255. The van der Waals surface area contributed by atoms with Gasteiger partial charge in [0.1, 0.15) is 5.54 Å². The first kappa shape index (κ1) is 16.0. The fourth-order valence-electron chi connectivity index (χ4n) is 1.52. The van der Waals surface area contributed by atoms with E-state index in [9.17, 15) is 9.59 Å². The van der Waals surface area contributed by atoms with Crippen molar-refractivity contribution in [1.82, 2.24) is 20.4 Å². The van der Waals surface area contributed by atoms with E-state index in [0.717, 1.165) is 5.69 Å². The van der Waals surface area contributed by atoms with Crippen LogP contribution in [0, 0.1) is 0 Å². The van der Waals surface area contributed by atoms with Crippen LogP contribution in [0.3, 0.4) is 0 Å². The average Bonchev–Trinajstić information content (AvgIpc) is 2.85. The lowest BCUT2D eigenvalue weighted by Crippen LogP contribution is -2.54. The van der Waals surface area contributed by atoms with E-state index in [4.69, 9.17) is 5.11 Å². The summed E-state index contributed by atoms with van der Waals surface area (Å²) in [5.74, 6) is -1.06. The Labute approximate surface area is 118 Å². The molecule has 1 heterocycles. The number of carbonyl (C=O) groups is 2. The Bertz CT molecular complexity index is 484. The Balaban J connectivity index is 2.52. The maximum atomic E-state index is 11.7. The lowest BCUT2D eigenvalue weighted by Gasteiger charge is -2.24. The van der Waals surface area contributed by atoms with Crippen LogP contribution in [0.5, 0.6) is 0 Å². The molecule has 0 saturated heterocycles. The highest BCUT2D eigenvalue weighted by Crippen LogP contribution is 2.09. The third-order valence-electron chi connectivity index (χ3n) is 3.19. The Hall–Kier alpha value is -2.05. The first-order chi connectivity index (χ1) is 9.28. The van der Waals surface area contributed by atoms with Crippen LogP contribution in [-0.4, -0.2) is 32.4 Å². The van der Waals surface area contributed by atoms with E-state index in [1.165, 1.54) is 6.92 Å². The second-order valence-corrected chi connectivity index (χ2v) is 5.18. The molecule has 0 aliphatic carbocycles.